The largest absolute Gasteiger partial charge is 0.416 e. The number of carbonyl (C=O) groups is 1. The average Bonchev–Trinajstić information content (AvgIpc) is 2.44. The molecule has 104 valence electrons. The number of amides is 1. The van der Waals surface area contributed by atoms with Crippen LogP contribution in [0.5, 0.6) is 0 Å². The third-order valence-corrected chi connectivity index (χ3v) is 3.28. The van der Waals surface area contributed by atoms with Crippen LogP contribution in [-0.2, 0) is 17.4 Å². The Bertz CT molecular complexity index is 499. The van der Waals surface area contributed by atoms with Gasteiger partial charge in [0, 0.05) is 25.2 Å². The lowest BCUT2D eigenvalue weighted by atomic mass is 10.0. The van der Waals surface area contributed by atoms with E-state index in [1.807, 2.05) is 0 Å². The number of benzene rings is 1. The number of halogens is 3. The summed E-state index contributed by atoms with van der Waals surface area (Å²) in [6, 6.07) is 3.23. The number of fused-ring (bicyclic) bond motifs is 1. The second kappa shape index (κ2) is 4.85. The lowest BCUT2D eigenvalue weighted by molar-refractivity contribution is -0.137. The summed E-state index contributed by atoms with van der Waals surface area (Å²) in [5.41, 5.74) is 6.16. The van der Waals surface area contributed by atoms with Gasteiger partial charge in [0.1, 0.15) is 0 Å². The summed E-state index contributed by atoms with van der Waals surface area (Å²) in [5, 5.41) is 0. The average molecular weight is 272 g/mol. The molecule has 2 N–H and O–H groups in total. The molecule has 0 saturated heterocycles. The van der Waals surface area contributed by atoms with Crippen LogP contribution in [0.4, 0.5) is 18.9 Å². The quantitative estimate of drug-likeness (QED) is 0.788. The molecule has 1 atom stereocenters. The van der Waals surface area contributed by atoms with Gasteiger partial charge in [0.2, 0.25) is 5.91 Å². The molecule has 3 nitrogen and oxygen atoms in total. The van der Waals surface area contributed by atoms with Crippen molar-refractivity contribution in [2.75, 3.05) is 11.4 Å². The molecule has 19 heavy (non-hydrogen) atoms. The number of alkyl halides is 3. The standard InChI is InChI=1S/C13H15F3N2O/c1-8(19)18-5-4-11(17)7-9-6-10(13(14,15)16)2-3-12(9)18/h2-3,6,11H,4-5,7,17H2,1H3. The fourth-order valence-electron chi connectivity index (χ4n) is 2.32. The molecule has 0 aromatic heterocycles. The summed E-state index contributed by atoms with van der Waals surface area (Å²) >= 11 is 0. The first-order valence-electron chi connectivity index (χ1n) is 6.03. The number of hydrogen-bond donors (Lipinski definition) is 1. The SMILES string of the molecule is CC(=O)N1CCC(N)Cc2cc(C(F)(F)F)ccc21. The maximum Gasteiger partial charge on any atom is 0.416 e. The second-order valence-electron chi connectivity index (χ2n) is 4.76. The number of nitrogens with two attached hydrogens (primary N) is 1. The molecule has 0 radical (unpaired) electrons. The molecular weight excluding hydrogens is 257 g/mol. The summed E-state index contributed by atoms with van der Waals surface area (Å²) in [5.74, 6) is -0.185. The Morgan fingerprint density at radius 3 is 2.68 bits per heavy atom. The smallest absolute Gasteiger partial charge is 0.327 e. The van der Waals surface area contributed by atoms with Gasteiger partial charge in [-0.05, 0) is 36.6 Å². The highest BCUT2D eigenvalue weighted by atomic mass is 19.4. The van der Waals surface area contributed by atoms with E-state index in [1.54, 1.807) is 0 Å². The van der Waals surface area contributed by atoms with Crippen LogP contribution in [0.15, 0.2) is 18.2 Å². The Balaban J connectivity index is 2.49. The number of hydrogen-bond acceptors (Lipinski definition) is 2. The van der Waals surface area contributed by atoms with Gasteiger partial charge in [0.05, 0.1) is 5.56 Å². The van der Waals surface area contributed by atoms with E-state index in [0.29, 0.717) is 30.6 Å². The van der Waals surface area contributed by atoms with Crippen LogP contribution < -0.4 is 10.6 Å². The molecule has 0 bridgehead atoms. The van der Waals surface area contributed by atoms with Crippen LogP contribution in [0.1, 0.15) is 24.5 Å². The van der Waals surface area contributed by atoms with Crippen molar-refractivity contribution in [1.82, 2.24) is 0 Å². The van der Waals surface area contributed by atoms with Crippen LogP contribution >= 0.6 is 0 Å². The van der Waals surface area contributed by atoms with E-state index in [9.17, 15) is 18.0 Å². The van der Waals surface area contributed by atoms with Gasteiger partial charge in [0.25, 0.3) is 0 Å². The Morgan fingerprint density at radius 2 is 2.11 bits per heavy atom. The van der Waals surface area contributed by atoms with Crippen molar-refractivity contribution >= 4 is 11.6 Å². The zero-order valence-electron chi connectivity index (χ0n) is 10.5. The van der Waals surface area contributed by atoms with Crippen LogP contribution in [0.3, 0.4) is 0 Å². The van der Waals surface area contributed by atoms with Crippen molar-refractivity contribution in [3.8, 4) is 0 Å². The number of rotatable bonds is 0. The molecule has 0 fully saturated rings. The molecule has 1 aromatic carbocycles. The van der Waals surface area contributed by atoms with Crippen LogP contribution in [-0.4, -0.2) is 18.5 Å². The van der Waals surface area contributed by atoms with E-state index in [2.05, 4.69) is 0 Å². The van der Waals surface area contributed by atoms with Gasteiger partial charge < -0.3 is 10.6 Å². The Hall–Kier alpha value is -1.56. The van der Waals surface area contributed by atoms with E-state index in [4.69, 9.17) is 5.73 Å². The van der Waals surface area contributed by atoms with Gasteiger partial charge in [-0.1, -0.05) is 0 Å². The minimum absolute atomic E-state index is 0.185. The minimum Gasteiger partial charge on any atom is -0.327 e. The highest BCUT2D eigenvalue weighted by molar-refractivity contribution is 5.92. The van der Waals surface area contributed by atoms with Crippen LogP contribution in [0.2, 0.25) is 0 Å². The van der Waals surface area contributed by atoms with Crippen molar-refractivity contribution in [1.29, 1.82) is 0 Å². The summed E-state index contributed by atoms with van der Waals surface area (Å²) < 4.78 is 38.1. The topological polar surface area (TPSA) is 46.3 Å². The predicted octanol–water partition coefficient (Wildman–Crippen LogP) is 2.33. The third kappa shape index (κ3) is 2.89. The minimum atomic E-state index is -4.38. The Kier molecular flexibility index (Phi) is 3.54. The van der Waals surface area contributed by atoms with Crippen LogP contribution in [0.25, 0.3) is 0 Å². The molecular formula is C13H15F3N2O. The van der Waals surface area contributed by atoms with Crippen LogP contribution in [0, 0.1) is 0 Å². The van der Waals surface area contributed by atoms with Gasteiger partial charge in [0.15, 0.2) is 0 Å². The summed E-state index contributed by atoms with van der Waals surface area (Å²) in [7, 11) is 0. The van der Waals surface area contributed by atoms with E-state index in [1.165, 1.54) is 17.9 Å². The zero-order chi connectivity index (χ0) is 14.2. The van der Waals surface area contributed by atoms with Crippen molar-refractivity contribution in [2.45, 2.75) is 32.0 Å². The van der Waals surface area contributed by atoms with E-state index < -0.39 is 11.7 Å². The molecule has 0 spiro atoms. The molecule has 1 aromatic rings. The van der Waals surface area contributed by atoms with E-state index in [0.717, 1.165) is 12.1 Å². The number of nitrogens with zero attached hydrogens (tertiary/aromatic N) is 1. The third-order valence-electron chi connectivity index (χ3n) is 3.28. The van der Waals surface area contributed by atoms with Gasteiger partial charge >= 0.3 is 6.18 Å². The van der Waals surface area contributed by atoms with E-state index >= 15 is 0 Å². The zero-order valence-corrected chi connectivity index (χ0v) is 10.5. The Labute approximate surface area is 109 Å². The molecule has 2 rings (SSSR count). The second-order valence-corrected chi connectivity index (χ2v) is 4.76. The highest BCUT2D eigenvalue weighted by Gasteiger charge is 2.32. The first-order valence-corrected chi connectivity index (χ1v) is 6.03. The van der Waals surface area contributed by atoms with Crippen molar-refractivity contribution < 1.29 is 18.0 Å². The lowest BCUT2D eigenvalue weighted by Gasteiger charge is -2.22. The molecule has 0 aliphatic carbocycles. The number of carbonyl (C=O) groups excluding carboxylic acids is 1. The molecule has 1 amide bonds. The molecule has 6 heteroatoms. The summed E-state index contributed by atoms with van der Waals surface area (Å²) in [6.07, 6.45) is -3.45. The molecule has 1 unspecified atom stereocenters. The van der Waals surface area contributed by atoms with Gasteiger partial charge in [-0.3, -0.25) is 4.79 Å². The number of anilines is 1. The van der Waals surface area contributed by atoms with E-state index in [-0.39, 0.29) is 11.9 Å². The van der Waals surface area contributed by atoms with Gasteiger partial charge in [-0.25, -0.2) is 0 Å². The first-order chi connectivity index (χ1) is 8.79. The Morgan fingerprint density at radius 1 is 1.42 bits per heavy atom. The summed E-state index contributed by atoms with van der Waals surface area (Å²) in [6.45, 7) is 1.84. The first kappa shape index (κ1) is 13.9. The summed E-state index contributed by atoms with van der Waals surface area (Å²) in [4.78, 5) is 13.1. The maximum absolute atomic E-state index is 12.7. The normalized spacial score (nSPS) is 19.8. The fraction of sp³-hybridized carbons (Fsp3) is 0.462. The monoisotopic (exact) mass is 272 g/mol. The van der Waals surface area contributed by atoms with Gasteiger partial charge in [-0.2, -0.15) is 13.2 Å². The highest BCUT2D eigenvalue weighted by Crippen LogP contribution is 2.34. The fourth-order valence-corrected chi connectivity index (χ4v) is 2.32. The lowest BCUT2D eigenvalue weighted by Crippen LogP contribution is -2.31. The van der Waals surface area contributed by atoms with Crippen molar-refractivity contribution in [3.05, 3.63) is 29.3 Å². The van der Waals surface area contributed by atoms with Gasteiger partial charge in [-0.15, -0.1) is 0 Å². The predicted molar refractivity (Wildman–Crippen MR) is 65.8 cm³/mol. The molecule has 1 aliphatic heterocycles. The maximum atomic E-state index is 12.7. The molecule has 1 aliphatic rings. The molecule has 1 heterocycles. The van der Waals surface area contributed by atoms with Crippen molar-refractivity contribution in [2.24, 2.45) is 5.73 Å². The molecule has 0 saturated carbocycles. The van der Waals surface area contributed by atoms with Crippen molar-refractivity contribution in [3.63, 3.8) is 0 Å².